The van der Waals surface area contributed by atoms with E-state index in [0.717, 1.165) is 45.0 Å². The van der Waals surface area contributed by atoms with Gasteiger partial charge in [0.05, 0.1) is 22.1 Å². The van der Waals surface area contributed by atoms with Crippen molar-refractivity contribution < 1.29 is 4.74 Å². The van der Waals surface area contributed by atoms with Gasteiger partial charge in [0.1, 0.15) is 19.6 Å². The Morgan fingerprint density at radius 2 is 1.00 bits per heavy atom. The summed E-state index contributed by atoms with van der Waals surface area (Å²) in [4.78, 5) is 5.19. The van der Waals surface area contributed by atoms with Crippen molar-refractivity contribution in [2.45, 2.75) is 51.6 Å². The van der Waals surface area contributed by atoms with Crippen molar-refractivity contribution in [3.63, 3.8) is 0 Å². The van der Waals surface area contributed by atoms with Gasteiger partial charge in [0, 0.05) is 27.6 Å². The van der Waals surface area contributed by atoms with Crippen molar-refractivity contribution >= 4 is 46.3 Å². The Morgan fingerprint density at radius 1 is 0.468 bits per heavy atom. The van der Waals surface area contributed by atoms with Crippen LogP contribution in [0.3, 0.4) is 0 Å². The smallest absolute Gasteiger partial charge is 0.220 e. The zero-order chi connectivity index (χ0) is 42.1. The van der Waals surface area contributed by atoms with Crippen LogP contribution in [-0.4, -0.2) is 22.0 Å². The monoisotopic (exact) mass is 817 g/mol. The summed E-state index contributed by atoms with van der Waals surface area (Å²) < 4.78 is 12.0. The van der Waals surface area contributed by atoms with E-state index in [1.165, 1.54) is 66.0 Å². The number of nitrogens with zero attached hydrogens (tertiary/aromatic N) is 3. The van der Waals surface area contributed by atoms with Crippen LogP contribution in [0.4, 0.5) is 0 Å². The molecule has 4 nitrogen and oxygen atoms in total. The highest BCUT2D eigenvalue weighted by atomic mass is 28.3. The first-order valence-electron chi connectivity index (χ1n) is 21.8. The van der Waals surface area contributed by atoms with Crippen LogP contribution < -0.4 is 15.1 Å². The number of hydrogen-bond acceptors (Lipinski definition) is 2. The molecule has 0 saturated heterocycles. The number of fused-ring (bicyclic) bond motifs is 15. The average molecular weight is 818 g/mol. The first kappa shape index (κ1) is 36.9. The predicted molar refractivity (Wildman–Crippen MR) is 261 cm³/mol. The molecule has 2 aromatic heterocycles. The Bertz CT molecular complexity index is 3490. The van der Waals surface area contributed by atoms with E-state index >= 15 is 0 Å². The van der Waals surface area contributed by atoms with Gasteiger partial charge in [0.2, 0.25) is 5.78 Å². The van der Waals surface area contributed by atoms with Crippen molar-refractivity contribution in [2.75, 3.05) is 0 Å². The molecule has 0 saturated carbocycles. The SMILES string of the molecule is CC1(C)c2cc(-n3c4ccccc4n4c5ccccc5nc34)ccc2Oc2c(cccc2[Si](C)(C)c2ccc3c(c2)-c2ccccc2-c2ccccc2-c2ccccc2-3)C1(C)C. The van der Waals surface area contributed by atoms with Crippen LogP contribution in [0.25, 0.3) is 78.0 Å². The normalized spacial score (nSPS) is 14.7. The lowest BCUT2D eigenvalue weighted by molar-refractivity contribution is 0.306. The summed E-state index contributed by atoms with van der Waals surface area (Å²) in [5.41, 5.74) is 17.4. The second-order valence-electron chi connectivity index (χ2n) is 18.8. The lowest BCUT2D eigenvalue weighted by Crippen LogP contribution is -2.53. The molecule has 0 N–H and O–H groups in total. The Kier molecular flexibility index (Phi) is 7.75. The van der Waals surface area contributed by atoms with Gasteiger partial charge in [0.15, 0.2) is 0 Å². The molecular weight excluding hydrogens is 771 g/mol. The third-order valence-electron chi connectivity index (χ3n) is 14.8. The van der Waals surface area contributed by atoms with E-state index in [2.05, 4.69) is 226 Å². The van der Waals surface area contributed by atoms with Crippen LogP contribution in [0.1, 0.15) is 38.8 Å². The number of hydrogen-bond donors (Lipinski definition) is 0. The van der Waals surface area contributed by atoms with E-state index in [9.17, 15) is 0 Å². The molecule has 62 heavy (non-hydrogen) atoms. The minimum Gasteiger partial charge on any atom is -0.457 e. The second kappa shape index (κ2) is 13.0. The molecule has 0 fully saturated rings. The summed E-state index contributed by atoms with van der Waals surface area (Å²) in [5.74, 6) is 2.82. The van der Waals surface area contributed by atoms with Gasteiger partial charge < -0.3 is 4.74 Å². The van der Waals surface area contributed by atoms with E-state index < -0.39 is 8.07 Å². The first-order valence-corrected chi connectivity index (χ1v) is 24.8. The minimum atomic E-state index is -2.43. The first-order chi connectivity index (χ1) is 30.0. The number of aromatic nitrogens is 3. The maximum absolute atomic E-state index is 7.40. The summed E-state index contributed by atoms with van der Waals surface area (Å²) in [6.07, 6.45) is 0. The van der Waals surface area contributed by atoms with Crippen molar-refractivity contribution in [1.29, 1.82) is 0 Å². The van der Waals surface area contributed by atoms with Crippen molar-refractivity contribution in [2.24, 2.45) is 0 Å². The fourth-order valence-electron chi connectivity index (χ4n) is 10.7. The Morgan fingerprint density at radius 3 is 1.65 bits per heavy atom. The molecular formula is C57H47N3OSi. The minimum absolute atomic E-state index is 0.287. The summed E-state index contributed by atoms with van der Waals surface area (Å²) >= 11 is 0. The molecule has 300 valence electrons. The van der Waals surface area contributed by atoms with Crippen LogP contribution in [0, 0.1) is 0 Å². The van der Waals surface area contributed by atoms with Crippen LogP contribution in [0.5, 0.6) is 11.5 Å². The summed E-state index contributed by atoms with van der Waals surface area (Å²) in [7, 11) is -2.43. The van der Waals surface area contributed by atoms with Crippen molar-refractivity contribution in [1.82, 2.24) is 14.0 Å². The maximum atomic E-state index is 7.40. The van der Waals surface area contributed by atoms with E-state index in [1.54, 1.807) is 0 Å². The van der Waals surface area contributed by atoms with E-state index in [1.807, 2.05) is 0 Å². The molecule has 3 heterocycles. The fourth-order valence-corrected chi connectivity index (χ4v) is 13.2. The summed E-state index contributed by atoms with van der Waals surface area (Å²) in [6, 6.07) is 64.8. The van der Waals surface area contributed by atoms with E-state index in [-0.39, 0.29) is 10.8 Å². The highest BCUT2D eigenvalue weighted by Crippen LogP contribution is 2.54. The van der Waals surface area contributed by atoms with Gasteiger partial charge in [-0.05, 0) is 92.2 Å². The zero-order valence-corrected chi connectivity index (χ0v) is 37.0. The molecule has 12 rings (SSSR count). The fraction of sp³-hybridized carbons (Fsp3) is 0.140. The summed E-state index contributed by atoms with van der Waals surface area (Å²) in [5, 5.41) is 2.68. The van der Waals surface area contributed by atoms with Crippen LogP contribution >= 0.6 is 0 Å². The van der Waals surface area contributed by atoms with Gasteiger partial charge in [0.25, 0.3) is 0 Å². The molecule has 0 atom stereocenters. The topological polar surface area (TPSA) is 31.5 Å². The zero-order valence-electron chi connectivity index (χ0n) is 36.0. The Balaban J connectivity index is 1.02. The molecule has 0 bridgehead atoms. The summed E-state index contributed by atoms with van der Waals surface area (Å²) in [6.45, 7) is 14.6. The van der Waals surface area contributed by atoms with Gasteiger partial charge in [-0.2, -0.15) is 0 Å². The molecule has 1 aliphatic heterocycles. The van der Waals surface area contributed by atoms with Gasteiger partial charge >= 0.3 is 0 Å². The highest BCUT2D eigenvalue weighted by molar-refractivity contribution is 7.01. The maximum Gasteiger partial charge on any atom is 0.220 e. The molecule has 2 aliphatic rings. The number of benzene rings is 8. The number of para-hydroxylation sites is 5. The molecule has 8 aromatic carbocycles. The largest absolute Gasteiger partial charge is 0.457 e. The number of ether oxygens (including phenoxy) is 1. The molecule has 0 radical (unpaired) electrons. The molecule has 5 heteroatoms. The number of rotatable bonds is 3. The van der Waals surface area contributed by atoms with Crippen molar-refractivity contribution in [3.8, 4) is 61.7 Å². The van der Waals surface area contributed by atoms with Crippen LogP contribution in [-0.2, 0) is 10.8 Å². The molecule has 10 aromatic rings. The van der Waals surface area contributed by atoms with Crippen molar-refractivity contribution in [3.05, 3.63) is 187 Å². The quantitative estimate of drug-likeness (QED) is 0.166. The lowest BCUT2D eigenvalue weighted by atomic mass is 9.61. The Labute approximate surface area is 363 Å². The van der Waals surface area contributed by atoms with E-state index in [0.29, 0.717) is 0 Å². The van der Waals surface area contributed by atoms with Crippen LogP contribution in [0.15, 0.2) is 176 Å². The average Bonchev–Trinajstić information content (AvgIpc) is 3.81. The molecule has 0 spiro atoms. The highest BCUT2D eigenvalue weighted by Gasteiger charge is 2.47. The number of imidazole rings is 2. The van der Waals surface area contributed by atoms with Gasteiger partial charge in [-0.25, -0.2) is 4.98 Å². The Hall–Kier alpha value is -6.95. The van der Waals surface area contributed by atoms with Gasteiger partial charge in [-0.3, -0.25) is 8.97 Å². The second-order valence-corrected chi connectivity index (χ2v) is 23.2. The van der Waals surface area contributed by atoms with Gasteiger partial charge in [-0.15, -0.1) is 0 Å². The molecule has 1 aliphatic carbocycles. The van der Waals surface area contributed by atoms with E-state index in [4.69, 9.17) is 9.72 Å². The third kappa shape index (κ3) is 5.03. The lowest BCUT2D eigenvalue weighted by Gasteiger charge is -2.42. The molecule has 0 amide bonds. The standard InChI is InChI=1S/C57H47N3OSi/c1-56(2)46-24-17-29-53(62(5,6)37-31-32-44-42-22-10-9-20-40(42)38-18-7-8-19-39(38)41-21-11-12-23-43(41)45(44)35-37)54(46)61-52-33-30-36(34-47(52)57(56,3)4)59-50-27-15-16-28-51(50)60-49-26-14-13-25-48(49)58-55(59)60/h7-35H,1-6H3. The van der Waals surface area contributed by atoms with Gasteiger partial charge in [-0.1, -0.05) is 179 Å². The third-order valence-corrected chi connectivity index (χ3v) is 18.3. The van der Waals surface area contributed by atoms with Crippen LogP contribution in [0.2, 0.25) is 13.1 Å². The molecule has 0 unspecified atom stereocenters. The predicted octanol–water partition coefficient (Wildman–Crippen LogP) is 13.6.